The highest BCUT2D eigenvalue weighted by atomic mass is 32.2. The summed E-state index contributed by atoms with van der Waals surface area (Å²) < 4.78 is 42.9. The molecule has 0 bridgehead atoms. The van der Waals surface area contributed by atoms with Gasteiger partial charge in [0.15, 0.2) is 0 Å². The number of anilines is 1. The van der Waals surface area contributed by atoms with Gasteiger partial charge in [0.05, 0.1) is 16.9 Å². The lowest BCUT2D eigenvalue weighted by molar-refractivity contribution is -0.134. The summed E-state index contributed by atoms with van der Waals surface area (Å²) in [7, 11) is -2.66. The molecule has 0 aromatic heterocycles. The Kier molecular flexibility index (Phi) is 6.08. The average molecular weight is 361 g/mol. The number of carbonyl (C=O) groups is 1. The van der Waals surface area contributed by atoms with E-state index in [0.717, 1.165) is 12.2 Å². The van der Waals surface area contributed by atoms with Crippen LogP contribution in [0.5, 0.6) is 0 Å². The molecule has 130 valence electrons. The van der Waals surface area contributed by atoms with Crippen LogP contribution in [-0.2, 0) is 19.4 Å². The zero-order valence-electron chi connectivity index (χ0n) is 13.3. The van der Waals surface area contributed by atoms with Crippen molar-refractivity contribution in [2.45, 2.75) is 4.90 Å². The molecule has 0 aliphatic carbocycles. The van der Waals surface area contributed by atoms with E-state index in [1.165, 1.54) is 49.7 Å². The Labute approximate surface area is 145 Å². The first-order valence-corrected chi connectivity index (χ1v) is 8.70. The van der Waals surface area contributed by atoms with Gasteiger partial charge in [-0.25, -0.2) is 17.6 Å². The first-order valence-electron chi connectivity index (χ1n) is 7.22. The van der Waals surface area contributed by atoms with Crippen LogP contribution >= 0.6 is 0 Å². The Hall–Kier alpha value is -2.93. The maximum absolute atomic E-state index is 12.9. The van der Waals surface area contributed by atoms with Gasteiger partial charge in [-0.1, -0.05) is 18.2 Å². The van der Waals surface area contributed by atoms with Crippen LogP contribution in [0.2, 0.25) is 0 Å². The minimum atomic E-state index is -3.85. The van der Waals surface area contributed by atoms with Gasteiger partial charge in [0.2, 0.25) is 9.84 Å². The number of benzene rings is 2. The molecule has 7 heteroatoms. The molecule has 0 heterocycles. The predicted molar refractivity (Wildman–Crippen MR) is 92.9 cm³/mol. The number of esters is 1. The predicted octanol–water partition coefficient (Wildman–Crippen LogP) is 3.28. The summed E-state index contributed by atoms with van der Waals surface area (Å²) in [4.78, 5) is 11.2. The lowest BCUT2D eigenvalue weighted by atomic mass is 10.3. The maximum atomic E-state index is 12.9. The van der Waals surface area contributed by atoms with E-state index in [0.29, 0.717) is 5.69 Å². The Morgan fingerprint density at radius 1 is 1.04 bits per heavy atom. The molecular weight excluding hydrogens is 345 g/mol. The van der Waals surface area contributed by atoms with E-state index >= 15 is 0 Å². The smallest absolute Gasteiger partial charge is 0.330 e. The third-order valence-corrected chi connectivity index (χ3v) is 4.94. The second-order valence-corrected chi connectivity index (χ2v) is 6.82. The summed E-state index contributed by atoms with van der Waals surface area (Å²) in [5.41, 5.74) is 0.494. The van der Waals surface area contributed by atoms with Gasteiger partial charge in [-0.15, -0.1) is 0 Å². The molecule has 0 amide bonds. The lowest BCUT2D eigenvalue weighted by Crippen LogP contribution is -2.06. The standard InChI is InChI=1S/C18H16FNO4S/c1-24-18(21)12-11-17(13-20-15-9-7-14(19)8-10-15)25(22,23)16-5-3-2-4-6-16/h2-13,20H,1H3/b12-11+,17-13+. The number of halogens is 1. The van der Waals surface area contributed by atoms with Crippen LogP contribution in [0.15, 0.2) is 82.7 Å². The highest BCUT2D eigenvalue weighted by molar-refractivity contribution is 7.95. The van der Waals surface area contributed by atoms with Crippen molar-refractivity contribution in [3.8, 4) is 0 Å². The van der Waals surface area contributed by atoms with Gasteiger partial charge in [-0.3, -0.25) is 0 Å². The van der Waals surface area contributed by atoms with Gasteiger partial charge in [0.1, 0.15) is 5.82 Å². The fourth-order valence-corrected chi connectivity index (χ4v) is 3.12. The fourth-order valence-electron chi connectivity index (χ4n) is 1.87. The number of hydrogen-bond donors (Lipinski definition) is 1. The topological polar surface area (TPSA) is 72.5 Å². The number of methoxy groups -OCH3 is 1. The molecule has 2 aromatic carbocycles. The molecule has 5 nitrogen and oxygen atoms in total. The molecule has 1 N–H and O–H groups in total. The van der Waals surface area contributed by atoms with Gasteiger partial charge >= 0.3 is 5.97 Å². The van der Waals surface area contributed by atoms with Crippen LogP contribution < -0.4 is 5.32 Å². The van der Waals surface area contributed by atoms with Crippen molar-refractivity contribution in [2.75, 3.05) is 12.4 Å². The zero-order chi connectivity index (χ0) is 18.3. The van der Waals surface area contributed by atoms with Crippen LogP contribution in [0.25, 0.3) is 0 Å². The molecular formula is C18H16FNO4S. The van der Waals surface area contributed by atoms with Gasteiger partial charge in [0.25, 0.3) is 0 Å². The van der Waals surface area contributed by atoms with Crippen LogP contribution in [-0.4, -0.2) is 21.5 Å². The molecule has 2 rings (SSSR count). The summed E-state index contributed by atoms with van der Waals surface area (Å²) >= 11 is 0. The SMILES string of the molecule is COC(=O)/C=C/C(=C\Nc1ccc(F)cc1)S(=O)(=O)c1ccccc1. The van der Waals surface area contributed by atoms with Crippen molar-refractivity contribution in [3.05, 3.63) is 83.7 Å². The minimum absolute atomic E-state index is 0.0803. The molecule has 0 aliphatic rings. The van der Waals surface area contributed by atoms with E-state index < -0.39 is 21.6 Å². The molecule has 0 spiro atoms. The van der Waals surface area contributed by atoms with E-state index in [4.69, 9.17) is 0 Å². The van der Waals surface area contributed by atoms with E-state index in [1.54, 1.807) is 18.2 Å². The van der Waals surface area contributed by atoms with Gasteiger partial charge in [-0.05, 0) is 42.5 Å². The number of ether oxygens (including phenoxy) is 1. The first kappa shape index (κ1) is 18.4. The average Bonchev–Trinajstić information content (AvgIpc) is 2.63. The summed E-state index contributed by atoms with van der Waals surface area (Å²) in [5, 5.41) is 2.78. The van der Waals surface area contributed by atoms with E-state index in [1.807, 2.05) is 0 Å². The van der Waals surface area contributed by atoms with Crippen LogP contribution in [0, 0.1) is 5.82 Å². The first-order chi connectivity index (χ1) is 11.9. The van der Waals surface area contributed by atoms with E-state index in [2.05, 4.69) is 10.1 Å². The highest BCUT2D eigenvalue weighted by Crippen LogP contribution is 2.20. The number of nitrogens with one attached hydrogen (secondary N) is 1. The zero-order valence-corrected chi connectivity index (χ0v) is 14.2. The molecule has 2 aromatic rings. The monoisotopic (exact) mass is 361 g/mol. The maximum Gasteiger partial charge on any atom is 0.330 e. The van der Waals surface area contributed by atoms with Gasteiger partial charge in [0, 0.05) is 18.0 Å². The molecule has 0 radical (unpaired) electrons. The highest BCUT2D eigenvalue weighted by Gasteiger charge is 2.18. The third-order valence-electron chi connectivity index (χ3n) is 3.17. The Morgan fingerprint density at radius 2 is 1.68 bits per heavy atom. The number of hydrogen-bond acceptors (Lipinski definition) is 5. The largest absolute Gasteiger partial charge is 0.466 e. The van der Waals surface area contributed by atoms with Crippen molar-refractivity contribution in [1.82, 2.24) is 0 Å². The van der Waals surface area contributed by atoms with Crippen molar-refractivity contribution in [2.24, 2.45) is 0 Å². The molecule has 0 fully saturated rings. The molecule has 0 aliphatic heterocycles. The van der Waals surface area contributed by atoms with Gasteiger partial charge in [-0.2, -0.15) is 0 Å². The van der Waals surface area contributed by atoms with E-state index in [9.17, 15) is 17.6 Å². The summed E-state index contributed by atoms with van der Waals surface area (Å²) in [6.07, 6.45) is 3.39. The second kappa shape index (κ2) is 8.25. The van der Waals surface area contributed by atoms with Crippen molar-refractivity contribution >= 4 is 21.5 Å². The molecule has 25 heavy (non-hydrogen) atoms. The van der Waals surface area contributed by atoms with Crippen LogP contribution in [0.3, 0.4) is 0 Å². The number of sulfone groups is 1. The Morgan fingerprint density at radius 3 is 2.28 bits per heavy atom. The van der Waals surface area contributed by atoms with Crippen molar-refractivity contribution in [1.29, 1.82) is 0 Å². The van der Waals surface area contributed by atoms with Crippen molar-refractivity contribution in [3.63, 3.8) is 0 Å². The summed E-state index contributed by atoms with van der Waals surface area (Å²) in [6.45, 7) is 0. The summed E-state index contributed by atoms with van der Waals surface area (Å²) in [5.74, 6) is -1.09. The van der Waals surface area contributed by atoms with Crippen LogP contribution in [0.4, 0.5) is 10.1 Å². The minimum Gasteiger partial charge on any atom is -0.466 e. The Balaban J connectivity index is 2.38. The third kappa shape index (κ3) is 5.02. The molecule has 0 saturated carbocycles. The van der Waals surface area contributed by atoms with Crippen LogP contribution in [0.1, 0.15) is 0 Å². The number of allylic oxidation sites excluding steroid dienone is 1. The number of carbonyl (C=O) groups excluding carboxylic acids is 1. The lowest BCUT2D eigenvalue weighted by Gasteiger charge is -2.07. The number of rotatable bonds is 6. The Bertz CT molecular complexity index is 888. The quantitative estimate of drug-likeness (QED) is 0.486. The van der Waals surface area contributed by atoms with Crippen molar-refractivity contribution < 1.29 is 22.3 Å². The molecule has 0 atom stereocenters. The van der Waals surface area contributed by atoms with Gasteiger partial charge < -0.3 is 10.1 Å². The van der Waals surface area contributed by atoms with E-state index in [-0.39, 0.29) is 9.80 Å². The second-order valence-electron chi connectivity index (χ2n) is 4.87. The fraction of sp³-hybridized carbons (Fsp3) is 0.0556. The molecule has 0 unspecified atom stereocenters. The molecule has 0 saturated heterocycles. The normalized spacial score (nSPS) is 12.2. The summed E-state index contributed by atoms with van der Waals surface area (Å²) in [6, 6.07) is 13.2.